The van der Waals surface area contributed by atoms with Gasteiger partial charge in [-0.05, 0) is 25.7 Å². The second-order valence-electron chi connectivity index (χ2n) is 2.67. The molecule has 1 saturated carbocycles. The molecule has 1 unspecified atom stereocenters. The standard InChI is InChI=1S/C6H10N2/c1-6(8,4-7)5-2-3-5/h5H,2-3,8H2,1H3. The van der Waals surface area contributed by atoms with E-state index in [2.05, 4.69) is 6.07 Å². The SMILES string of the molecule is CC(N)(C#N)C1CC1. The lowest BCUT2D eigenvalue weighted by atomic mass is 10.0. The van der Waals surface area contributed by atoms with Crippen LogP contribution in [-0.2, 0) is 0 Å². The molecule has 1 aliphatic carbocycles. The molecule has 0 radical (unpaired) electrons. The minimum atomic E-state index is -0.542. The molecule has 1 fully saturated rings. The molecule has 0 saturated heterocycles. The third-order valence-electron chi connectivity index (χ3n) is 1.67. The first-order chi connectivity index (χ1) is 3.67. The number of hydrogen-bond acceptors (Lipinski definition) is 2. The minimum absolute atomic E-state index is 0.479. The lowest BCUT2D eigenvalue weighted by Gasteiger charge is -2.11. The molecule has 0 spiro atoms. The summed E-state index contributed by atoms with van der Waals surface area (Å²) in [5.74, 6) is 0.479. The molecule has 0 aromatic rings. The summed E-state index contributed by atoms with van der Waals surface area (Å²) in [6, 6.07) is 2.08. The number of nitrogens with zero attached hydrogens (tertiary/aromatic N) is 1. The quantitative estimate of drug-likeness (QED) is 0.538. The topological polar surface area (TPSA) is 49.8 Å². The highest BCUT2D eigenvalue weighted by atomic mass is 14.8. The van der Waals surface area contributed by atoms with Crippen molar-refractivity contribution in [3.8, 4) is 6.07 Å². The van der Waals surface area contributed by atoms with Crippen molar-refractivity contribution in [2.45, 2.75) is 25.3 Å². The maximum absolute atomic E-state index is 8.43. The molecule has 0 amide bonds. The van der Waals surface area contributed by atoms with Crippen LogP contribution < -0.4 is 5.73 Å². The highest BCUT2D eigenvalue weighted by molar-refractivity contribution is 5.09. The Labute approximate surface area is 49.3 Å². The minimum Gasteiger partial charge on any atom is -0.313 e. The molecule has 0 aromatic heterocycles. The van der Waals surface area contributed by atoms with Crippen molar-refractivity contribution in [3.05, 3.63) is 0 Å². The Balaban J connectivity index is 2.53. The van der Waals surface area contributed by atoms with Gasteiger partial charge in [0.2, 0.25) is 0 Å². The molecule has 2 nitrogen and oxygen atoms in total. The van der Waals surface area contributed by atoms with Gasteiger partial charge in [-0.2, -0.15) is 5.26 Å². The molecule has 2 N–H and O–H groups in total. The van der Waals surface area contributed by atoms with Crippen LogP contribution in [0.5, 0.6) is 0 Å². The van der Waals surface area contributed by atoms with Gasteiger partial charge < -0.3 is 5.73 Å². The fourth-order valence-corrected chi connectivity index (χ4v) is 0.774. The van der Waals surface area contributed by atoms with Crippen LogP contribution in [0, 0.1) is 17.2 Å². The smallest absolute Gasteiger partial charge is 0.104 e. The number of nitriles is 1. The zero-order chi connectivity index (χ0) is 6.20. The van der Waals surface area contributed by atoms with Gasteiger partial charge in [0.15, 0.2) is 0 Å². The van der Waals surface area contributed by atoms with E-state index in [1.807, 2.05) is 0 Å². The van der Waals surface area contributed by atoms with Gasteiger partial charge in [-0.3, -0.25) is 0 Å². The van der Waals surface area contributed by atoms with Crippen molar-refractivity contribution < 1.29 is 0 Å². The van der Waals surface area contributed by atoms with Crippen LogP contribution in [0.4, 0.5) is 0 Å². The highest BCUT2D eigenvalue weighted by Gasteiger charge is 2.38. The molecule has 44 valence electrons. The van der Waals surface area contributed by atoms with Crippen molar-refractivity contribution in [3.63, 3.8) is 0 Å². The van der Waals surface area contributed by atoms with Gasteiger partial charge in [-0.25, -0.2) is 0 Å². The largest absolute Gasteiger partial charge is 0.313 e. The summed E-state index contributed by atoms with van der Waals surface area (Å²) in [6.07, 6.45) is 2.28. The fraction of sp³-hybridized carbons (Fsp3) is 0.833. The van der Waals surface area contributed by atoms with E-state index >= 15 is 0 Å². The Morgan fingerprint density at radius 3 is 2.38 bits per heavy atom. The fourth-order valence-electron chi connectivity index (χ4n) is 0.774. The van der Waals surface area contributed by atoms with Gasteiger partial charge >= 0.3 is 0 Å². The molecular formula is C6H10N2. The number of hydrogen-bond donors (Lipinski definition) is 1. The molecule has 0 aliphatic heterocycles. The van der Waals surface area contributed by atoms with Crippen molar-refractivity contribution in [2.75, 3.05) is 0 Å². The Hall–Kier alpha value is -0.550. The maximum atomic E-state index is 8.43. The van der Waals surface area contributed by atoms with Crippen LogP contribution in [0.25, 0.3) is 0 Å². The van der Waals surface area contributed by atoms with Crippen molar-refractivity contribution in [1.82, 2.24) is 0 Å². The molecule has 0 bridgehead atoms. The monoisotopic (exact) mass is 110 g/mol. The summed E-state index contributed by atoms with van der Waals surface area (Å²) < 4.78 is 0. The Morgan fingerprint density at radius 1 is 1.75 bits per heavy atom. The molecule has 2 heteroatoms. The van der Waals surface area contributed by atoms with E-state index in [4.69, 9.17) is 11.0 Å². The van der Waals surface area contributed by atoms with Gasteiger partial charge in [0, 0.05) is 0 Å². The molecule has 0 heterocycles. The summed E-state index contributed by atoms with van der Waals surface area (Å²) >= 11 is 0. The zero-order valence-electron chi connectivity index (χ0n) is 5.02. The van der Waals surface area contributed by atoms with Crippen LogP contribution in [0.2, 0.25) is 0 Å². The van der Waals surface area contributed by atoms with Crippen LogP contribution in [-0.4, -0.2) is 5.54 Å². The molecule has 8 heavy (non-hydrogen) atoms. The summed E-state index contributed by atoms with van der Waals surface area (Å²) in [5.41, 5.74) is 5.02. The third kappa shape index (κ3) is 0.823. The molecular weight excluding hydrogens is 100 g/mol. The summed E-state index contributed by atoms with van der Waals surface area (Å²) in [5, 5.41) is 8.43. The zero-order valence-corrected chi connectivity index (χ0v) is 5.02. The van der Waals surface area contributed by atoms with Crippen molar-refractivity contribution >= 4 is 0 Å². The first-order valence-electron chi connectivity index (χ1n) is 2.87. The van der Waals surface area contributed by atoms with E-state index in [1.165, 1.54) is 0 Å². The number of rotatable bonds is 1. The van der Waals surface area contributed by atoms with E-state index in [0.29, 0.717) is 5.92 Å². The lowest BCUT2D eigenvalue weighted by Crippen LogP contribution is -2.36. The van der Waals surface area contributed by atoms with E-state index in [-0.39, 0.29) is 0 Å². The second-order valence-corrected chi connectivity index (χ2v) is 2.67. The first kappa shape index (κ1) is 5.58. The predicted molar refractivity (Wildman–Crippen MR) is 30.9 cm³/mol. The van der Waals surface area contributed by atoms with Gasteiger partial charge in [-0.15, -0.1) is 0 Å². The Kier molecular flexibility index (Phi) is 1.02. The van der Waals surface area contributed by atoms with Crippen LogP contribution in [0.15, 0.2) is 0 Å². The van der Waals surface area contributed by atoms with Crippen LogP contribution >= 0.6 is 0 Å². The van der Waals surface area contributed by atoms with Gasteiger partial charge in [0.25, 0.3) is 0 Å². The lowest BCUT2D eigenvalue weighted by molar-refractivity contribution is 0.523. The second kappa shape index (κ2) is 1.46. The molecule has 1 aliphatic rings. The Morgan fingerprint density at radius 2 is 2.25 bits per heavy atom. The van der Waals surface area contributed by atoms with Gasteiger partial charge in [-0.1, -0.05) is 0 Å². The maximum Gasteiger partial charge on any atom is 0.104 e. The summed E-state index contributed by atoms with van der Waals surface area (Å²) in [4.78, 5) is 0. The van der Waals surface area contributed by atoms with E-state index in [0.717, 1.165) is 12.8 Å². The number of nitrogens with two attached hydrogens (primary N) is 1. The van der Waals surface area contributed by atoms with Gasteiger partial charge in [0.1, 0.15) is 5.54 Å². The summed E-state index contributed by atoms with van der Waals surface area (Å²) in [7, 11) is 0. The van der Waals surface area contributed by atoms with Crippen molar-refractivity contribution in [2.24, 2.45) is 11.7 Å². The van der Waals surface area contributed by atoms with E-state index in [9.17, 15) is 0 Å². The predicted octanol–water partition coefficient (Wildman–Crippen LogP) is 0.637. The third-order valence-corrected chi connectivity index (χ3v) is 1.67. The molecule has 1 atom stereocenters. The van der Waals surface area contributed by atoms with E-state index < -0.39 is 5.54 Å². The molecule has 1 rings (SSSR count). The van der Waals surface area contributed by atoms with Crippen molar-refractivity contribution in [1.29, 1.82) is 5.26 Å². The van der Waals surface area contributed by atoms with Crippen LogP contribution in [0.1, 0.15) is 19.8 Å². The molecule has 0 aromatic carbocycles. The average molecular weight is 110 g/mol. The average Bonchev–Trinajstić information content (AvgIpc) is 2.44. The van der Waals surface area contributed by atoms with E-state index in [1.54, 1.807) is 6.92 Å². The first-order valence-corrected chi connectivity index (χ1v) is 2.87. The highest BCUT2D eigenvalue weighted by Crippen LogP contribution is 2.37. The normalized spacial score (nSPS) is 26.1. The Bertz CT molecular complexity index is 128. The van der Waals surface area contributed by atoms with Gasteiger partial charge in [0.05, 0.1) is 6.07 Å². The summed E-state index contributed by atoms with van der Waals surface area (Å²) in [6.45, 7) is 1.80. The van der Waals surface area contributed by atoms with Crippen LogP contribution in [0.3, 0.4) is 0 Å².